The van der Waals surface area contributed by atoms with Crippen molar-refractivity contribution in [1.29, 1.82) is 0 Å². The van der Waals surface area contributed by atoms with Crippen LogP contribution in [0.2, 0.25) is 0 Å². The summed E-state index contributed by atoms with van der Waals surface area (Å²) in [4.78, 5) is 26.2. The molecule has 110 valence electrons. The number of aromatic carboxylic acids is 1. The van der Waals surface area contributed by atoms with Crippen LogP contribution in [0, 0.1) is 0 Å². The summed E-state index contributed by atoms with van der Waals surface area (Å²) in [5.41, 5.74) is 1.18. The second kappa shape index (κ2) is 7.65. The first-order valence-corrected chi connectivity index (χ1v) is 6.61. The van der Waals surface area contributed by atoms with E-state index in [0.717, 1.165) is 12.1 Å². The van der Waals surface area contributed by atoms with Crippen LogP contribution in [0.5, 0.6) is 0 Å². The average molecular weight is 278 g/mol. The van der Waals surface area contributed by atoms with E-state index in [-0.39, 0.29) is 5.91 Å². The van der Waals surface area contributed by atoms with Crippen LogP contribution in [0.4, 0.5) is 0 Å². The summed E-state index contributed by atoms with van der Waals surface area (Å²) >= 11 is 0. The summed E-state index contributed by atoms with van der Waals surface area (Å²) < 4.78 is 0. The Labute approximate surface area is 119 Å². The van der Waals surface area contributed by atoms with Gasteiger partial charge in [-0.15, -0.1) is 0 Å². The lowest BCUT2D eigenvalue weighted by atomic mass is 10.0. The molecule has 1 rings (SSSR count). The Bertz CT molecular complexity index is 472. The first kappa shape index (κ1) is 16.2. The number of rotatable bonds is 7. The van der Waals surface area contributed by atoms with E-state index in [1.54, 1.807) is 31.1 Å². The number of nitrogens with zero attached hydrogens (tertiary/aromatic N) is 2. The molecule has 0 bridgehead atoms. The SMILES string of the molecule is CN(CCC(=O)N(C)C)CCc1ccccc1C(=O)O. The van der Waals surface area contributed by atoms with Gasteiger partial charge in [0.2, 0.25) is 5.91 Å². The predicted octanol–water partition coefficient (Wildman–Crippen LogP) is 1.34. The molecule has 1 amide bonds. The molecule has 1 aromatic carbocycles. The van der Waals surface area contributed by atoms with Gasteiger partial charge in [-0.1, -0.05) is 18.2 Å². The number of carboxylic acid groups (broad SMARTS) is 1. The fourth-order valence-electron chi connectivity index (χ4n) is 1.88. The van der Waals surface area contributed by atoms with Crippen molar-refractivity contribution in [3.63, 3.8) is 0 Å². The molecule has 5 heteroatoms. The molecule has 0 unspecified atom stereocenters. The van der Waals surface area contributed by atoms with Crippen LogP contribution in [0.15, 0.2) is 24.3 Å². The Morgan fingerprint density at radius 3 is 2.35 bits per heavy atom. The third kappa shape index (κ3) is 5.01. The molecule has 0 saturated carbocycles. The molecule has 0 spiro atoms. The monoisotopic (exact) mass is 278 g/mol. The lowest BCUT2D eigenvalue weighted by Crippen LogP contribution is -2.29. The van der Waals surface area contributed by atoms with Gasteiger partial charge in [-0.05, 0) is 25.1 Å². The van der Waals surface area contributed by atoms with Gasteiger partial charge in [-0.25, -0.2) is 4.79 Å². The van der Waals surface area contributed by atoms with E-state index >= 15 is 0 Å². The van der Waals surface area contributed by atoms with Gasteiger partial charge in [-0.2, -0.15) is 0 Å². The first-order chi connectivity index (χ1) is 9.41. The van der Waals surface area contributed by atoms with E-state index in [2.05, 4.69) is 0 Å². The maximum Gasteiger partial charge on any atom is 0.335 e. The zero-order chi connectivity index (χ0) is 15.1. The number of hydrogen-bond donors (Lipinski definition) is 1. The largest absolute Gasteiger partial charge is 0.478 e. The number of carbonyl (C=O) groups excluding carboxylic acids is 1. The smallest absolute Gasteiger partial charge is 0.335 e. The lowest BCUT2D eigenvalue weighted by Gasteiger charge is -2.18. The van der Waals surface area contributed by atoms with Gasteiger partial charge in [0.05, 0.1) is 5.56 Å². The Hall–Kier alpha value is -1.88. The van der Waals surface area contributed by atoms with Crippen molar-refractivity contribution < 1.29 is 14.7 Å². The standard InChI is InChI=1S/C15H22N2O3/c1-16(2)14(18)9-11-17(3)10-8-12-6-4-5-7-13(12)15(19)20/h4-7H,8-11H2,1-3H3,(H,19,20). The van der Waals surface area contributed by atoms with Gasteiger partial charge in [0.1, 0.15) is 0 Å². The first-order valence-electron chi connectivity index (χ1n) is 6.61. The molecular formula is C15H22N2O3. The summed E-state index contributed by atoms with van der Waals surface area (Å²) in [5.74, 6) is -0.797. The van der Waals surface area contributed by atoms with Crippen LogP contribution in [0.3, 0.4) is 0 Å². The van der Waals surface area contributed by atoms with Crippen LogP contribution in [-0.4, -0.2) is 61.0 Å². The molecule has 0 saturated heterocycles. The zero-order valence-corrected chi connectivity index (χ0v) is 12.3. The maximum absolute atomic E-state index is 11.5. The zero-order valence-electron chi connectivity index (χ0n) is 12.3. The van der Waals surface area contributed by atoms with Crippen molar-refractivity contribution in [3.8, 4) is 0 Å². The number of amides is 1. The summed E-state index contributed by atoms with van der Waals surface area (Å²) in [7, 11) is 5.42. The van der Waals surface area contributed by atoms with Gasteiger partial charge in [-0.3, -0.25) is 4.79 Å². The molecule has 0 heterocycles. The minimum Gasteiger partial charge on any atom is -0.478 e. The molecule has 0 aliphatic rings. The number of benzene rings is 1. The third-order valence-corrected chi connectivity index (χ3v) is 3.22. The van der Waals surface area contributed by atoms with Crippen LogP contribution in [0.1, 0.15) is 22.3 Å². The summed E-state index contributed by atoms with van der Waals surface area (Å²) in [6, 6.07) is 7.03. The van der Waals surface area contributed by atoms with Gasteiger partial charge in [0, 0.05) is 33.6 Å². The van der Waals surface area contributed by atoms with Crippen molar-refractivity contribution in [3.05, 3.63) is 35.4 Å². The van der Waals surface area contributed by atoms with Crippen molar-refractivity contribution in [2.24, 2.45) is 0 Å². The highest BCUT2D eigenvalue weighted by atomic mass is 16.4. The van der Waals surface area contributed by atoms with E-state index in [9.17, 15) is 9.59 Å². The maximum atomic E-state index is 11.5. The molecule has 0 aromatic heterocycles. The summed E-state index contributed by atoms with van der Waals surface area (Å²) in [6.07, 6.45) is 1.14. The van der Waals surface area contributed by atoms with E-state index in [4.69, 9.17) is 5.11 Å². The van der Waals surface area contributed by atoms with Gasteiger partial charge >= 0.3 is 5.97 Å². The molecule has 0 fully saturated rings. The molecule has 0 radical (unpaired) electrons. The molecular weight excluding hydrogens is 256 g/mol. The Morgan fingerprint density at radius 2 is 1.75 bits per heavy atom. The van der Waals surface area contributed by atoms with Crippen molar-refractivity contribution >= 4 is 11.9 Å². The van der Waals surface area contributed by atoms with Gasteiger partial charge in [0.25, 0.3) is 0 Å². The highest BCUT2D eigenvalue weighted by molar-refractivity contribution is 5.89. The van der Waals surface area contributed by atoms with Gasteiger partial charge in [0.15, 0.2) is 0 Å². The number of likely N-dealkylation sites (N-methyl/N-ethyl adjacent to an activating group) is 1. The Kier molecular flexibility index (Phi) is 6.18. The van der Waals surface area contributed by atoms with Crippen LogP contribution in [-0.2, 0) is 11.2 Å². The topological polar surface area (TPSA) is 60.9 Å². The molecule has 20 heavy (non-hydrogen) atoms. The van der Waals surface area contributed by atoms with E-state index in [1.165, 1.54) is 0 Å². The van der Waals surface area contributed by atoms with Gasteiger partial charge < -0.3 is 14.9 Å². The summed E-state index contributed by atoms with van der Waals surface area (Å²) in [6.45, 7) is 1.40. The number of carboxylic acids is 1. The highest BCUT2D eigenvalue weighted by Gasteiger charge is 2.10. The third-order valence-electron chi connectivity index (χ3n) is 3.22. The van der Waals surface area contributed by atoms with Crippen molar-refractivity contribution in [1.82, 2.24) is 9.80 Å². The summed E-state index contributed by atoms with van der Waals surface area (Å²) in [5, 5.41) is 9.10. The Morgan fingerprint density at radius 1 is 1.10 bits per heavy atom. The molecule has 0 atom stereocenters. The quantitative estimate of drug-likeness (QED) is 0.817. The number of carbonyl (C=O) groups is 2. The minimum atomic E-state index is -0.897. The van der Waals surface area contributed by atoms with Crippen LogP contribution >= 0.6 is 0 Å². The fourth-order valence-corrected chi connectivity index (χ4v) is 1.88. The van der Waals surface area contributed by atoms with Crippen LogP contribution < -0.4 is 0 Å². The molecule has 0 aliphatic heterocycles. The fraction of sp³-hybridized carbons (Fsp3) is 0.467. The molecule has 5 nitrogen and oxygen atoms in total. The van der Waals surface area contributed by atoms with Crippen LogP contribution in [0.25, 0.3) is 0 Å². The number of hydrogen-bond acceptors (Lipinski definition) is 3. The second-order valence-corrected chi connectivity index (χ2v) is 5.05. The van der Waals surface area contributed by atoms with E-state index in [1.807, 2.05) is 24.1 Å². The van der Waals surface area contributed by atoms with Crippen molar-refractivity contribution in [2.45, 2.75) is 12.8 Å². The highest BCUT2D eigenvalue weighted by Crippen LogP contribution is 2.10. The lowest BCUT2D eigenvalue weighted by molar-refractivity contribution is -0.128. The molecule has 1 aromatic rings. The minimum absolute atomic E-state index is 0.0998. The predicted molar refractivity (Wildman–Crippen MR) is 77.9 cm³/mol. The molecule has 1 N–H and O–H groups in total. The van der Waals surface area contributed by atoms with E-state index < -0.39 is 5.97 Å². The van der Waals surface area contributed by atoms with E-state index in [0.29, 0.717) is 24.9 Å². The van der Waals surface area contributed by atoms with Crippen molar-refractivity contribution in [2.75, 3.05) is 34.2 Å². The Balaban J connectivity index is 2.47. The normalized spacial score (nSPS) is 10.6. The second-order valence-electron chi connectivity index (χ2n) is 5.05. The average Bonchev–Trinajstić information content (AvgIpc) is 2.42. The molecule has 0 aliphatic carbocycles.